The van der Waals surface area contributed by atoms with Crippen molar-refractivity contribution in [2.24, 2.45) is 0 Å². The van der Waals surface area contributed by atoms with Crippen molar-refractivity contribution < 1.29 is 27.7 Å². The molecule has 0 atom stereocenters. The largest absolute Gasteiger partial charge is 0.265 e. The molecule has 1 heterocycles. The summed E-state index contributed by atoms with van der Waals surface area (Å²) < 4.78 is 0. The summed E-state index contributed by atoms with van der Waals surface area (Å²) in [6, 6.07) is 5.72. The zero-order chi connectivity index (χ0) is 4.24. The Balaban J connectivity index is 0.000000360. The van der Waals surface area contributed by atoms with E-state index in [0.717, 1.165) is 0 Å². The van der Waals surface area contributed by atoms with Crippen molar-refractivity contribution in [3.05, 3.63) is 30.6 Å². The second kappa shape index (κ2) is 4.25. The number of pyridine rings is 1. The molecule has 0 aliphatic heterocycles. The maximum Gasteiger partial charge on any atom is 0.0267 e. The summed E-state index contributed by atoms with van der Waals surface area (Å²) in [5, 5.41) is 0. The predicted molar refractivity (Wildman–Crippen MR) is 24.2 cm³/mol. The molecule has 1 rings (SSSR count). The van der Waals surface area contributed by atoms with Crippen LogP contribution in [0.4, 0.5) is 0 Å². The number of hydrogen-bond acceptors (Lipinski definition) is 1. The number of nitrogens with zero attached hydrogens (tertiary/aromatic N) is 1. The van der Waals surface area contributed by atoms with Crippen LogP contribution < -0.4 is 0 Å². The van der Waals surface area contributed by atoms with Crippen LogP contribution in [-0.2, 0) is 27.7 Å². The van der Waals surface area contributed by atoms with Crippen LogP contribution >= 0.6 is 0 Å². The molecule has 1 aromatic rings. The van der Waals surface area contributed by atoms with E-state index in [2.05, 4.69) is 4.98 Å². The molecule has 0 saturated carbocycles. The minimum absolute atomic E-state index is 0. The Labute approximate surface area is 63.3 Å². The topological polar surface area (TPSA) is 12.9 Å². The zero-order valence-corrected chi connectivity index (χ0v) is 9.54. The third kappa shape index (κ3) is 2.74. The molecule has 0 saturated heterocycles. The molecule has 32 valence electrons. The van der Waals surface area contributed by atoms with Crippen molar-refractivity contribution in [1.82, 2.24) is 4.98 Å². The van der Waals surface area contributed by atoms with Crippen LogP contribution in [0.2, 0.25) is 0 Å². The average molecular weight is 280 g/mol. The molecule has 0 aromatic carbocycles. The van der Waals surface area contributed by atoms with E-state index < -0.39 is 0 Å². The standard InChI is InChI=1S/C5H5N.Hg/c1-2-4-6-5-3-1;/h1-5H;. The monoisotopic (exact) mass is 281 g/mol. The first-order valence-corrected chi connectivity index (χ1v) is 1.85. The molecule has 0 aliphatic carbocycles. The van der Waals surface area contributed by atoms with Crippen molar-refractivity contribution in [1.29, 1.82) is 0 Å². The summed E-state index contributed by atoms with van der Waals surface area (Å²) in [7, 11) is 0. The van der Waals surface area contributed by atoms with Crippen molar-refractivity contribution in [3.63, 3.8) is 0 Å². The fraction of sp³-hybridized carbons (Fsp3) is 0. The molecule has 0 fully saturated rings. The van der Waals surface area contributed by atoms with Crippen LogP contribution in [0.5, 0.6) is 0 Å². The smallest absolute Gasteiger partial charge is 0.0267 e. The minimum atomic E-state index is 0. The van der Waals surface area contributed by atoms with Crippen LogP contribution in [-0.4, -0.2) is 4.98 Å². The van der Waals surface area contributed by atoms with Crippen LogP contribution in [0.15, 0.2) is 30.6 Å². The molecule has 0 unspecified atom stereocenters. The number of rotatable bonds is 0. The van der Waals surface area contributed by atoms with Gasteiger partial charge in [0.1, 0.15) is 0 Å². The van der Waals surface area contributed by atoms with Crippen molar-refractivity contribution in [2.45, 2.75) is 0 Å². The first-order valence-electron chi connectivity index (χ1n) is 1.85. The molecule has 2 heteroatoms. The van der Waals surface area contributed by atoms with Gasteiger partial charge in [-0.3, -0.25) is 4.98 Å². The fourth-order valence-corrected chi connectivity index (χ4v) is 0.313. The van der Waals surface area contributed by atoms with E-state index in [1.165, 1.54) is 0 Å². The zero-order valence-electron chi connectivity index (χ0n) is 4.04. The van der Waals surface area contributed by atoms with Gasteiger partial charge in [0.2, 0.25) is 0 Å². The molecule has 0 bridgehead atoms. The van der Waals surface area contributed by atoms with E-state index in [1.54, 1.807) is 12.4 Å². The van der Waals surface area contributed by atoms with Gasteiger partial charge in [0.05, 0.1) is 0 Å². The molecule has 0 amide bonds. The van der Waals surface area contributed by atoms with Crippen molar-refractivity contribution in [3.8, 4) is 0 Å². The predicted octanol–water partition coefficient (Wildman–Crippen LogP) is 1.08. The molecule has 1 nitrogen and oxygen atoms in total. The SMILES string of the molecule is [Hg].c1ccncc1. The Bertz CT molecular complexity index is 80.0. The van der Waals surface area contributed by atoms with Gasteiger partial charge >= 0.3 is 0 Å². The van der Waals surface area contributed by atoms with E-state index in [9.17, 15) is 0 Å². The summed E-state index contributed by atoms with van der Waals surface area (Å²) in [6.45, 7) is 0. The Morgan fingerprint density at radius 3 is 1.57 bits per heavy atom. The maximum atomic E-state index is 3.78. The Morgan fingerprint density at radius 1 is 0.857 bits per heavy atom. The van der Waals surface area contributed by atoms with Crippen LogP contribution in [0.25, 0.3) is 0 Å². The van der Waals surface area contributed by atoms with Gasteiger partial charge in [-0.25, -0.2) is 0 Å². The summed E-state index contributed by atoms with van der Waals surface area (Å²) in [5.74, 6) is 0. The van der Waals surface area contributed by atoms with Gasteiger partial charge in [0, 0.05) is 40.1 Å². The number of hydrogen-bond donors (Lipinski definition) is 0. The Hall–Kier alpha value is 0.0851. The number of aromatic nitrogens is 1. The first kappa shape index (κ1) is 7.09. The summed E-state index contributed by atoms with van der Waals surface area (Å²) in [6.07, 6.45) is 3.50. The van der Waals surface area contributed by atoms with E-state index in [1.807, 2.05) is 18.2 Å². The van der Waals surface area contributed by atoms with Crippen LogP contribution in [0.3, 0.4) is 0 Å². The van der Waals surface area contributed by atoms with Gasteiger partial charge in [-0.2, -0.15) is 0 Å². The Morgan fingerprint density at radius 2 is 1.43 bits per heavy atom. The molecule has 0 radical (unpaired) electrons. The van der Waals surface area contributed by atoms with Gasteiger partial charge in [0.25, 0.3) is 0 Å². The van der Waals surface area contributed by atoms with Gasteiger partial charge in [-0.05, 0) is 12.1 Å². The van der Waals surface area contributed by atoms with E-state index in [-0.39, 0.29) is 27.7 Å². The third-order valence-corrected chi connectivity index (χ3v) is 0.566. The molecule has 7 heavy (non-hydrogen) atoms. The molecule has 0 aliphatic rings. The molecular weight excluding hydrogens is 275 g/mol. The molecule has 0 N–H and O–H groups in total. The summed E-state index contributed by atoms with van der Waals surface area (Å²) in [4.78, 5) is 3.78. The molecular formula is C5H5HgN. The summed E-state index contributed by atoms with van der Waals surface area (Å²) in [5.41, 5.74) is 0. The Kier molecular flexibility index (Phi) is 4.30. The quantitative estimate of drug-likeness (QED) is 0.648. The van der Waals surface area contributed by atoms with E-state index >= 15 is 0 Å². The van der Waals surface area contributed by atoms with Crippen LogP contribution in [0.1, 0.15) is 0 Å². The van der Waals surface area contributed by atoms with Crippen molar-refractivity contribution >= 4 is 0 Å². The van der Waals surface area contributed by atoms with Gasteiger partial charge in [-0.15, -0.1) is 0 Å². The maximum absolute atomic E-state index is 3.78. The van der Waals surface area contributed by atoms with Gasteiger partial charge in [-0.1, -0.05) is 6.07 Å². The molecule has 1 aromatic heterocycles. The second-order valence-corrected chi connectivity index (χ2v) is 1.02. The molecule has 0 spiro atoms. The van der Waals surface area contributed by atoms with Crippen LogP contribution in [0, 0.1) is 0 Å². The van der Waals surface area contributed by atoms with Gasteiger partial charge < -0.3 is 0 Å². The average Bonchev–Trinajstić information content (AvgIpc) is 1.72. The van der Waals surface area contributed by atoms with E-state index in [0.29, 0.717) is 0 Å². The first-order chi connectivity index (χ1) is 3.00. The van der Waals surface area contributed by atoms with Crippen molar-refractivity contribution in [2.75, 3.05) is 0 Å². The van der Waals surface area contributed by atoms with Gasteiger partial charge in [0.15, 0.2) is 0 Å². The minimum Gasteiger partial charge on any atom is -0.265 e. The van der Waals surface area contributed by atoms with E-state index in [4.69, 9.17) is 0 Å². The second-order valence-electron chi connectivity index (χ2n) is 1.02. The summed E-state index contributed by atoms with van der Waals surface area (Å²) >= 11 is 0. The third-order valence-electron chi connectivity index (χ3n) is 0.566. The normalized spacial score (nSPS) is 6.86. The fourth-order valence-electron chi connectivity index (χ4n) is 0.313.